The lowest BCUT2D eigenvalue weighted by Gasteiger charge is -1.69. The van der Waals surface area contributed by atoms with Gasteiger partial charge in [-0.25, -0.2) is 4.98 Å². The Balaban J connectivity index is 0.000000222. The highest BCUT2D eigenvalue weighted by atomic mass is 15.1. The monoisotopic (exact) mass is 111 g/mol. The van der Waals surface area contributed by atoms with Crippen LogP contribution in [0.2, 0.25) is 0 Å². The average Bonchev–Trinajstić information content (AvgIpc) is 1.96. The molecule has 0 aliphatic rings. The topological polar surface area (TPSA) is 38.7 Å². The van der Waals surface area contributed by atoms with Crippen LogP contribution in [0.5, 0.6) is 0 Å². The lowest BCUT2D eigenvalue weighted by molar-refractivity contribution is 0.969. The third-order valence-corrected chi connectivity index (χ3v) is 0.404. The summed E-state index contributed by atoms with van der Waals surface area (Å²) in [4.78, 5) is 3.61. The number of aromatic nitrogens is 3. The van der Waals surface area contributed by atoms with E-state index in [2.05, 4.69) is 15.2 Å². The second-order valence-corrected chi connectivity index (χ2v) is 0.794. The van der Waals surface area contributed by atoms with Crippen LogP contribution in [0.4, 0.5) is 0 Å². The van der Waals surface area contributed by atoms with Crippen molar-refractivity contribution >= 4 is 0 Å². The minimum atomic E-state index is 1.39. The van der Waals surface area contributed by atoms with E-state index >= 15 is 0 Å². The Kier molecular flexibility index (Phi) is 5.27. The van der Waals surface area contributed by atoms with E-state index in [9.17, 15) is 0 Å². The molecule has 0 bridgehead atoms. The van der Waals surface area contributed by atoms with Gasteiger partial charge in [0.2, 0.25) is 0 Å². The summed E-state index contributed by atoms with van der Waals surface area (Å²) in [6.07, 6.45) is 4.49. The molecule has 0 fully saturated rings. The van der Waals surface area contributed by atoms with E-state index < -0.39 is 0 Å². The second-order valence-electron chi connectivity index (χ2n) is 0.794. The van der Waals surface area contributed by atoms with Crippen molar-refractivity contribution < 1.29 is 0 Å². The van der Waals surface area contributed by atoms with Crippen LogP contribution in [0.3, 0.4) is 0 Å². The third-order valence-electron chi connectivity index (χ3n) is 0.404. The minimum absolute atomic E-state index is 1.39. The molecule has 1 rings (SSSR count). The van der Waals surface area contributed by atoms with E-state index in [1.54, 1.807) is 6.20 Å². The van der Waals surface area contributed by atoms with Gasteiger partial charge in [-0.3, -0.25) is 0 Å². The molecule has 0 N–H and O–H groups in total. The molecule has 44 valence electrons. The molecule has 0 radical (unpaired) electrons. The van der Waals surface area contributed by atoms with Gasteiger partial charge < -0.3 is 0 Å². The maximum atomic E-state index is 3.61. The molecule has 3 heteroatoms. The first kappa shape index (κ1) is 7.01. The van der Waals surface area contributed by atoms with E-state index in [4.69, 9.17) is 0 Å². The van der Waals surface area contributed by atoms with Crippen LogP contribution >= 0.6 is 0 Å². The maximum absolute atomic E-state index is 3.61. The first-order valence-electron chi connectivity index (χ1n) is 2.57. The van der Waals surface area contributed by atoms with E-state index in [1.807, 2.05) is 13.8 Å². The Hall–Kier alpha value is -0.990. The normalized spacial score (nSPS) is 6.75. The second kappa shape index (κ2) is 6.01. The molecule has 1 aromatic rings. The van der Waals surface area contributed by atoms with Crippen LogP contribution in [-0.4, -0.2) is 15.2 Å². The fourth-order valence-electron chi connectivity index (χ4n) is 0.205. The molecule has 0 aromatic carbocycles. The molecule has 0 aliphatic heterocycles. The van der Waals surface area contributed by atoms with Gasteiger partial charge in [0.25, 0.3) is 0 Å². The van der Waals surface area contributed by atoms with Crippen molar-refractivity contribution in [2.24, 2.45) is 0 Å². The van der Waals surface area contributed by atoms with Gasteiger partial charge in [0.05, 0.1) is 6.20 Å². The van der Waals surface area contributed by atoms with Gasteiger partial charge in [0.15, 0.2) is 0 Å². The lowest BCUT2D eigenvalue weighted by atomic mass is 10.9. The summed E-state index contributed by atoms with van der Waals surface area (Å²) < 4.78 is 0. The molecule has 8 heavy (non-hydrogen) atoms. The molecule has 0 aliphatic carbocycles. The van der Waals surface area contributed by atoms with Gasteiger partial charge in [-0.1, -0.05) is 13.8 Å². The smallest absolute Gasteiger partial charge is 0.138 e. The molecule has 3 nitrogen and oxygen atoms in total. The molecular weight excluding hydrogens is 102 g/mol. The Morgan fingerprint density at radius 2 is 1.75 bits per heavy atom. The summed E-state index contributed by atoms with van der Waals surface area (Å²) in [6, 6.07) is 0. The maximum Gasteiger partial charge on any atom is 0.138 e. The lowest BCUT2D eigenvalue weighted by Crippen LogP contribution is -1.75. The van der Waals surface area contributed by atoms with Crippen molar-refractivity contribution in [3.05, 3.63) is 18.7 Å². The van der Waals surface area contributed by atoms with Gasteiger partial charge >= 0.3 is 0 Å². The molecule has 0 amide bonds. The molecule has 0 spiro atoms. The van der Waals surface area contributed by atoms with Gasteiger partial charge in [0, 0.05) is 6.20 Å². The first-order valence-corrected chi connectivity index (χ1v) is 2.57. The highest BCUT2D eigenvalue weighted by Gasteiger charge is 1.60. The Bertz CT molecular complexity index is 79.6. The van der Waals surface area contributed by atoms with Gasteiger partial charge in [0.1, 0.15) is 6.33 Å². The van der Waals surface area contributed by atoms with Gasteiger partial charge in [-0.15, -0.1) is 5.10 Å². The van der Waals surface area contributed by atoms with E-state index in [0.717, 1.165) is 0 Å². The van der Waals surface area contributed by atoms with Crippen LogP contribution < -0.4 is 0 Å². The first-order chi connectivity index (χ1) is 4.00. The van der Waals surface area contributed by atoms with Crippen molar-refractivity contribution in [1.29, 1.82) is 0 Å². The third kappa shape index (κ3) is 3.21. The molecule has 0 saturated carbocycles. The summed E-state index contributed by atoms with van der Waals surface area (Å²) in [7, 11) is 0. The summed E-state index contributed by atoms with van der Waals surface area (Å²) in [5.74, 6) is 0. The molecule has 1 heterocycles. The van der Waals surface area contributed by atoms with Crippen molar-refractivity contribution in [1.82, 2.24) is 15.2 Å². The zero-order valence-corrected chi connectivity index (χ0v) is 5.07. The van der Waals surface area contributed by atoms with Crippen molar-refractivity contribution in [3.8, 4) is 0 Å². The van der Waals surface area contributed by atoms with Crippen LogP contribution in [-0.2, 0) is 0 Å². The van der Waals surface area contributed by atoms with E-state index in [-0.39, 0.29) is 0 Å². The standard InChI is InChI=1S/C3H3N3.C2H6/c1-2-5-6-3-4-1;1-2/h1-3H;1-2H3. The predicted octanol–water partition coefficient (Wildman–Crippen LogP) is 0.898. The molecule has 0 unspecified atom stereocenters. The summed E-state index contributed by atoms with van der Waals surface area (Å²) >= 11 is 0. The number of hydrogen-bond donors (Lipinski definition) is 0. The molecular formula is C5H9N3. The number of nitrogens with zero attached hydrogens (tertiary/aromatic N) is 3. The Morgan fingerprint density at radius 1 is 1.00 bits per heavy atom. The number of rotatable bonds is 0. The van der Waals surface area contributed by atoms with Crippen molar-refractivity contribution in [3.63, 3.8) is 0 Å². The molecule has 0 atom stereocenters. The fraction of sp³-hybridized carbons (Fsp3) is 0.400. The van der Waals surface area contributed by atoms with Gasteiger partial charge in [-0.2, -0.15) is 5.10 Å². The summed E-state index contributed by atoms with van der Waals surface area (Å²) in [6.45, 7) is 4.00. The summed E-state index contributed by atoms with van der Waals surface area (Å²) in [5.41, 5.74) is 0. The van der Waals surface area contributed by atoms with Crippen molar-refractivity contribution in [2.45, 2.75) is 13.8 Å². The SMILES string of the molecule is CC.c1cnncn1. The quantitative estimate of drug-likeness (QED) is 0.499. The van der Waals surface area contributed by atoms with Crippen LogP contribution in [0.1, 0.15) is 13.8 Å². The summed E-state index contributed by atoms with van der Waals surface area (Å²) in [5, 5.41) is 6.90. The van der Waals surface area contributed by atoms with Crippen LogP contribution in [0, 0.1) is 0 Å². The molecule has 0 saturated heterocycles. The van der Waals surface area contributed by atoms with E-state index in [1.165, 1.54) is 12.5 Å². The largest absolute Gasteiger partial charge is 0.241 e. The zero-order valence-electron chi connectivity index (χ0n) is 5.07. The minimum Gasteiger partial charge on any atom is -0.241 e. The zero-order chi connectivity index (χ0) is 6.24. The number of hydrogen-bond acceptors (Lipinski definition) is 3. The fourth-order valence-corrected chi connectivity index (χ4v) is 0.205. The van der Waals surface area contributed by atoms with Crippen LogP contribution in [0.25, 0.3) is 0 Å². The predicted molar refractivity (Wildman–Crippen MR) is 31.2 cm³/mol. The highest BCUT2D eigenvalue weighted by Crippen LogP contribution is 1.59. The molecule has 1 aromatic heterocycles. The van der Waals surface area contributed by atoms with E-state index in [0.29, 0.717) is 0 Å². The average molecular weight is 111 g/mol. The Labute approximate surface area is 48.8 Å². The Morgan fingerprint density at radius 3 is 1.88 bits per heavy atom. The van der Waals surface area contributed by atoms with Gasteiger partial charge in [-0.05, 0) is 0 Å². The van der Waals surface area contributed by atoms with Crippen LogP contribution in [0.15, 0.2) is 18.7 Å². The van der Waals surface area contributed by atoms with Crippen molar-refractivity contribution in [2.75, 3.05) is 0 Å². The highest BCUT2D eigenvalue weighted by molar-refractivity contribution is 4.59.